The monoisotopic (exact) mass is 311 g/mol. The lowest BCUT2D eigenvalue weighted by molar-refractivity contribution is 0.0155. The number of ether oxygens (including phenoxy) is 1. The molecular formula is C14H18BrNO2. The second-order valence-electron chi connectivity index (χ2n) is 5.04. The van der Waals surface area contributed by atoms with Gasteiger partial charge in [0.2, 0.25) is 0 Å². The summed E-state index contributed by atoms with van der Waals surface area (Å²) in [5.74, 6) is 0.375. The molecule has 0 aromatic heterocycles. The molecule has 2 rings (SSSR count). The SMILES string of the molecule is CC1CCCC(OC(=O)c2ccc(Br)c(N)c2)C1. The number of halogens is 1. The van der Waals surface area contributed by atoms with Crippen LogP contribution in [0.4, 0.5) is 5.69 Å². The van der Waals surface area contributed by atoms with Crippen LogP contribution in [0.3, 0.4) is 0 Å². The van der Waals surface area contributed by atoms with Crippen molar-refractivity contribution in [3.05, 3.63) is 28.2 Å². The Morgan fingerprint density at radius 2 is 2.22 bits per heavy atom. The maximum Gasteiger partial charge on any atom is 0.338 e. The third-order valence-corrected chi connectivity index (χ3v) is 4.12. The number of esters is 1. The lowest BCUT2D eigenvalue weighted by atomic mass is 9.89. The highest BCUT2D eigenvalue weighted by molar-refractivity contribution is 9.10. The van der Waals surface area contributed by atoms with Gasteiger partial charge in [0.1, 0.15) is 6.10 Å². The van der Waals surface area contributed by atoms with E-state index in [-0.39, 0.29) is 12.1 Å². The van der Waals surface area contributed by atoms with Crippen LogP contribution in [0.1, 0.15) is 43.0 Å². The Bertz CT molecular complexity index is 447. The molecular weight excluding hydrogens is 294 g/mol. The van der Waals surface area contributed by atoms with Crippen LogP contribution in [0.5, 0.6) is 0 Å². The number of hydrogen-bond donors (Lipinski definition) is 1. The van der Waals surface area contributed by atoms with Crippen molar-refractivity contribution in [1.29, 1.82) is 0 Å². The van der Waals surface area contributed by atoms with Gasteiger partial charge in [-0.05, 0) is 59.3 Å². The van der Waals surface area contributed by atoms with Crippen molar-refractivity contribution in [3.8, 4) is 0 Å². The van der Waals surface area contributed by atoms with Crippen LogP contribution < -0.4 is 5.73 Å². The van der Waals surface area contributed by atoms with E-state index in [4.69, 9.17) is 10.5 Å². The molecule has 18 heavy (non-hydrogen) atoms. The maximum atomic E-state index is 12.0. The van der Waals surface area contributed by atoms with Crippen molar-refractivity contribution < 1.29 is 9.53 Å². The van der Waals surface area contributed by atoms with E-state index >= 15 is 0 Å². The largest absolute Gasteiger partial charge is 0.459 e. The van der Waals surface area contributed by atoms with Gasteiger partial charge >= 0.3 is 5.97 Å². The van der Waals surface area contributed by atoms with Crippen molar-refractivity contribution in [2.24, 2.45) is 5.92 Å². The molecule has 0 saturated heterocycles. The highest BCUT2D eigenvalue weighted by Gasteiger charge is 2.22. The zero-order valence-electron chi connectivity index (χ0n) is 10.5. The molecule has 0 amide bonds. The summed E-state index contributed by atoms with van der Waals surface area (Å²) >= 11 is 3.31. The average Bonchev–Trinajstić information content (AvgIpc) is 2.32. The van der Waals surface area contributed by atoms with Crippen LogP contribution >= 0.6 is 15.9 Å². The Morgan fingerprint density at radius 3 is 2.89 bits per heavy atom. The number of nitrogen functional groups attached to an aromatic ring is 1. The van der Waals surface area contributed by atoms with Crippen molar-refractivity contribution in [2.75, 3.05) is 5.73 Å². The molecule has 4 heteroatoms. The standard InChI is InChI=1S/C14H18BrNO2/c1-9-3-2-4-11(7-9)18-14(17)10-5-6-12(15)13(16)8-10/h5-6,8-9,11H,2-4,7,16H2,1H3. The molecule has 3 nitrogen and oxygen atoms in total. The first-order chi connectivity index (χ1) is 8.56. The third kappa shape index (κ3) is 3.25. The number of carbonyl (C=O) groups excluding carboxylic acids is 1. The van der Waals surface area contributed by atoms with Gasteiger partial charge in [-0.15, -0.1) is 0 Å². The van der Waals surface area contributed by atoms with Crippen molar-refractivity contribution in [2.45, 2.75) is 38.7 Å². The predicted octanol–water partition coefficient (Wildman–Crippen LogP) is 3.77. The zero-order chi connectivity index (χ0) is 13.1. The van der Waals surface area contributed by atoms with Crippen molar-refractivity contribution >= 4 is 27.6 Å². The van der Waals surface area contributed by atoms with E-state index in [0.717, 1.165) is 23.7 Å². The Morgan fingerprint density at radius 1 is 1.44 bits per heavy atom. The summed E-state index contributed by atoms with van der Waals surface area (Å²) in [6.45, 7) is 2.21. The number of anilines is 1. The van der Waals surface area contributed by atoms with Crippen LogP contribution in [0.25, 0.3) is 0 Å². The molecule has 1 aromatic carbocycles. The molecule has 1 aliphatic carbocycles. The molecule has 2 unspecified atom stereocenters. The van der Waals surface area contributed by atoms with Gasteiger partial charge in [0.15, 0.2) is 0 Å². The fraction of sp³-hybridized carbons (Fsp3) is 0.500. The fourth-order valence-electron chi connectivity index (χ4n) is 2.38. The van der Waals surface area contributed by atoms with Gasteiger partial charge in [0.05, 0.1) is 5.56 Å². The molecule has 2 N–H and O–H groups in total. The molecule has 98 valence electrons. The first-order valence-corrected chi connectivity index (χ1v) is 7.11. The molecule has 1 aromatic rings. The Hall–Kier alpha value is -1.03. The topological polar surface area (TPSA) is 52.3 Å². The first-order valence-electron chi connectivity index (χ1n) is 6.32. The van der Waals surface area contributed by atoms with E-state index < -0.39 is 0 Å². The summed E-state index contributed by atoms with van der Waals surface area (Å²) < 4.78 is 6.33. The minimum Gasteiger partial charge on any atom is -0.459 e. The molecule has 2 atom stereocenters. The van der Waals surface area contributed by atoms with Crippen LogP contribution in [0, 0.1) is 5.92 Å². The Kier molecular flexibility index (Phi) is 4.27. The van der Waals surface area contributed by atoms with Gasteiger partial charge in [-0.3, -0.25) is 0 Å². The lowest BCUT2D eigenvalue weighted by Crippen LogP contribution is -2.24. The van der Waals surface area contributed by atoms with Gasteiger partial charge in [-0.2, -0.15) is 0 Å². The van der Waals surface area contributed by atoms with Gasteiger partial charge in [-0.25, -0.2) is 4.79 Å². The average molecular weight is 312 g/mol. The van der Waals surface area contributed by atoms with Gasteiger partial charge in [0.25, 0.3) is 0 Å². The third-order valence-electron chi connectivity index (χ3n) is 3.39. The van der Waals surface area contributed by atoms with Gasteiger partial charge in [-0.1, -0.05) is 13.3 Å². The molecule has 0 heterocycles. The number of benzene rings is 1. The smallest absolute Gasteiger partial charge is 0.338 e. The van der Waals surface area contributed by atoms with E-state index in [9.17, 15) is 4.79 Å². The van der Waals surface area contributed by atoms with Gasteiger partial charge in [0, 0.05) is 10.2 Å². The molecule has 1 fully saturated rings. The Balaban J connectivity index is 2.00. The van der Waals surface area contributed by atoms with E-state index in [2.05, 4.69) is 22.9 Å². The quantitative estimate of drug-likeness (QED) is 0.668. The van der Waals surface area contributed by atoms with Crippen LogP contribution in [-0.2, 0) is 4.74 Å². The number of nitrogens with two attached hydrogens (primary N) is 1. The maximum absolute atomic E-state index is 12.0. The second kappa shape index (κ2) is 5.74. The minimum absolute atomic E-state index is 0.0612. The number of carbonyl (C=O) groups is 1. The summed E-state index contributed by atoms with van der Waals surface area (Å²) in [4.78, 5) is 12.0. The molecule has 1 aliphatic rings. The molecule has 0 aliphatic heterocycles. The molecule has 1 saturated carbocycles. The lowest BCUT2D eigenvalue weighted by Gasteiger charge is -2.26. The van der Waals surface area contributed by atoms with E-state index in [0.29, 0.717) is 17.2 Å². The number of rotatable bonds is 2. The van der Waals surface area contributed by atoms with Crippen LogP contribution in [0.2, 0.25) is 0 Å². The van der Waals surface area contributed by atoms with Crippen LogP contribution in [0.15, 0.2) is 22.7 Å². The van der Waals surface area contributed by atoms with Crippen molar-refractivity contribution in [3.63, 3.8) is 0 Å². The van der Waals surface area contributed by atoms with E-state index in [1.807, 2.05) is 0 Å². The summed E-state index contributed by atoms with van der Waals surface area (Å²) in [6, 6.07) is 5.16. The normalized spacial score (nSPS) is 23.7. The molecule has 0 radical (unpaired) electrons. The Labute approximate surface area is 116 Å². The van der Waals surface area contributed by atoms with Gasteiger partial charge < -0.3 is 10.5 Å². The summed E-state index contributed by atoms with van der Waals surface area (Å²) in [5, 5.41) is 0. The predicted molar refractivity (Wildman–Crippen MR) is 75.4 cm³/mol. The van der Waals surface area contributed by atoms with Crippen LogP contribution in [-0.4, -0.2) is 12.1 Å². The highest BCUT2D eigenvalue weighted by atomic mass is 79.9. The summed E-state index contributed by atoms with van der Waals surface area (Å²) in [7, 11) is 0. The van der Waals surface area contributed by atoms with E-state index in [1.165, 1.54) is 6.42 Å². The zero-order valence-corrected chi connectivity index (χ0v) is 12.1. The van der Waals surface area contributed by atoms with E-state index in [1.54, 1.807) is 18.2 Å². The first kappa shape index (κ1) is 13.4. The summed E-state index contributed by atoms with van der Waals surface area (Å²) in [6.07, 6.45) is 4.38. The molecule has 0 spiro atoms. The minimum atomic E-state index is -0.270. The summed E-state index contributed by atoms with van der Waals surface area (Å²) in [5.41, 5.74) is 6.84. The highest BCUT2D eigenvalue weighted by Crippen LogP contribution is 2.27. The second-order valence-corrected chi connectivity index (χ2v) is 5.89. The molecule has 0 bridgehead atoms. The fourth-order valence-corrected chi connectivity index (χ4v) is 2.62. The van der Waals surface area contributed by atoms with Crippen molar-refractivity contribution in [1.82, 2.24) is 0 Å². The number of hydrogen-bond acceptors (Lipinski definition) is 3.